The molecule has 1 N–H and O–H groups in total. The molecule has 0 aliphatic heterocycles. The SMILES string of the molecule is Cc1nc2c3cccc(Cl)c3ccn2c1/N=C/NC(C)C.Cl.Cl. The number of hydrogen-bond acceptors (Lipinski definition) is 2. The molecule has 0 atom stereocenters. The molecule has 0 radical (unpaired) electrons. The fraction of sp³-hybridized carbons (Fsp3) is 0.250. The van der Waals surface area contributed by atoms with Crippen molar-refractivity contribution in [2.24, 2.45) is 4.99 Å². The number of nitrogens with zero attached hydrogens (tertiary/aromatic N) is 3. The van der Waals surface area contributed by atoms with Crippen LogP contribution in [-0.2, 0) is 0 Å². The molecule has 0 amide bonds. The molecule has 23 heavy (non-hydrogen) atoms. The molecular weight excluding hydrogens is 355 g/mol. The van der Waals surface area contributed by atoms with E-state index in [2.05, 4.69) is 29.1 Å². The van der Waals surface area contributed by atoms with Gasteiger partial charge in [-0.05, 0) is 32.9 Å². The quantitative estimate of drug-likeness (QED) is 0.521. The summed E-state index contributed by atoms with van der Waals surface area (Å²) in [4.78, 5) is 9.14. The summed E-state index contributed by atoms with van der Waals surface area (Å²) in [5.74, 6) is 0.833. The molecule has 0 aliphatic rings. The zero-order chi connectivity index (χ0) is 15.0. The summed E-state index contributed by atoms with van der Waals surface area (Å²) in [7, 11) is 0. The monoisotopic (exact) mass is 372 g/mol. The van der Waals surface area contributed by atoms with Crippen LogP contribution in [0.5, 0.6) is 0 Å². The predicted molar refractivity (Wildman–Crippen MR) is 103 cm³/mol. The molecule has 7 heteroatoms. The molecule has 0 spiro atoms. The lowest BCUT2D eigenvalue weighted by molar-refractivity contribution is 0.743. The van der Waals surface area contributed by atoms with Crippen LogP contribution in [0.15, 0.2) is 35.5 Å². The third kappa shape index (κ3) is 3.71. The van der Waals surface area contributed by atoms with Gasteiger partial charge < -0.3 is 5.32 Å². The van der Waals surface area contributed by atoms with E-state index in [1.807, 2.05) is 41.8 Å². The van der Waals surface area contributed by atoms with E-state index in [0.29, 0.717) is 6.04 Å². The van der Waals surface area contributed by atoms with E-state index in [-0.39, 0.29) is 24.8 Å². The van der Waals surface area contributed by atoms with E-state index in [0.717, 1.165) is 33.0 Å². The normalized spacial score (nSPS) is 11.0. The fourth-order valence-electron chi connectivity index (χ4n) is 2.32. The number of imidazole rings is 1. The van der Waals surface area contributed by atoms with Crippen LogP contribution in [-0.4, -0.2) is 21.8 Å². The molecule has 1 aromatic carbocycles. The van der Waals surface area contributed by atoms with Gasteiger partial charge in [-0.3, -0.25) is 4.40 Å². The molecule has 0 aliphatic carbocycles. The van der Waals surface area contributed by atoms with Crippen molar-refractivity contribution in [2.45, 2.75) is 26.8 Å². The lowest BCUT2D eigenvalue weighted by Crippen LogP contribution is -2.20. The number of pyridine rings is 1. The van der Waals surface area contributed by atoms with Crippen molar-refractivity contribution < 1.29 is 0 Å². The number of aromatic nitrogens is 2. The Balaban J connectivity index is 0.00000132. The second-order valence-electron chi connectivity index (χ2n) is 5.31. The Labute approximate surface area is 152 Å². The number of hydrogen-bond donors (Lipinski definition) is 1. The number of fused-ring (bicyclic) bond motifs is 3. The minimum atomic E-state index is 0. The topological polar surface area (TPSA) is 41.7 Å². The Morgan fingerprint density at radius 3 is 2.65 bits per heavy atom. The summed E-state index contributed by atoms with van der Waals surface area (Å²) in [6, 6.07) is 8.22. The van der Waals surface area contributed by atoms with Gasteiger partial charge in [0.05, 0.1) is 12.0 Å². The van der Waals surface area contributed by atoms with Gasteiger partial charge >= 0.3 is 0 Å². The van der Waals surface area contributed by atoms with Crippen LogP contribution in [0.25, 0.3) is 16.4 Å². The Morgan fingerprint density at radius 1 is 1.22 bits per heavy atom. The number of rotatable bonds is 3. The predicted octanol–water partition coefficient (Wildman–Crippen LogP) is 4.95. The molecule has 0 saturated carbocycles. The Hall–Kier alpha value is -1.49. The smallest absolute Gasteiger partial charge is 0.161 e. The number of nitrogens with one attached hydrogen (secondary N) is 1. The van der Waals surface area contributed by atoms with Gasteiger partial charge in [-0.1, -0.05) is 23.7 Å². The van der Waals surface area contributed by atoms with Gasteiger partial charge in [0.15, 0.2) is 5.82 Å². The standard InChI is InChI=1S/C16H17ClN4.2ClH/c1-10(2)18-9-19-15-11(3)20-16-13-5-4-6-14(17)12(13)7-8-21(15)16;;/h4-10H,1-3H3,(H,18,19);2*1H. The first-order chi connectivity index (χ1) is 10.1. The molecule has 2 heterocycles. The van der Waals surface area contributed by atoms with E-state index < -0.39 is 0 Å². The molecule has 0 unspecified atom stereocenters. The first-order valence-corrected chi connectivity index (χ1v) is 7.30. The van der Waals surface area contributed by atoms with Crippen LogP contribution >= 0.6 is 36.4 Å². The van der Waals surface area contributed by atoms with Gasteiger partial charge in [0, 0.05) is 28.0 Å². The van der Waals surface area contributed by atoms with Crippen LogP contribution < -0.4 is 5.32 Å². The third-order valence-electron chi connectivity index (χ3n) is 3.33. The first-order valence-electron chi connectivity index (χ1n) is 6.92. The molecule has 0 fully saturated rings. The second-order valence-corrected chi connectivity index (χ2v) is 5.72. The Kier molecular flexibility index (Phi) is 6.69. The maximum absolute atomic E-state index is 6.25. The van der Waals surface area contributed by atoms with Crippen molar-refractivity contribution in [1.82, 2.24) is 14.7 Å². The highest BCUT2D eigenvalue weighted by Gasteiger charge is 2.11. The van der Waals surface area contributed by atoms with Gasteiger partial charge in [-0.15, -0.1) is 24.8 Å². The molecule has 2 aromatic heterocycles. The molecular formula is C16H19Cl3N4. The van der Waals surface area contributed by atoms with Crippen molar-refractivity contribution in [3.05, 3.63) is 41.2 Å². The minimum Gasteiger partial charge on any atom is -0.374 e. The van der Waals surface area contributed by atoms with Crippen molar-refractivity contribution in [2.75, 3.05) is 0 Å². The van der Waals surface area contributed by atoms with Crippen LogP contribution in [0.4, 0.5) is 5.82 Å². The molecule has 0 saturated heterocycles. The van der Waals surface area contributed by atoms with Gasteiger partial charge in [0.25, 0.3) is 0 Å². The van der Waals surface area contributed by atoms with Gasteiger partial charge in [-0.25, -0.2) is 9.98 Å². The Bertz CT molecular complexity index is 840. The average Bonchev–Trinajstić information content (AvgIpc) is 2.76. The number of benzene rings is 1. The summed E-state index contributed by atoms with van der Waals surface area (Å²) >= 11 is 6.25. The highest BCUT2D eigenvalue weighted by Crippen LogP contribution is 2.29. The average molecular weight is 374 g/mol. The van der Waals surface area contributed by atoms with Crippen LogP contribution in [0.3, 0.4) is 0 Å². The van der Waals surface area contributed by atoms with Crippen LogP contribution in [0, 0.1) is 6.92 Å². The van der Waals surface area contributed by atoms with Gasteiger partial charge in [-0.2, -0.15) is 0 Å². The molecule has 0 bridgehead atoms. The summed E-state index contributed by atoms with van der Waals surface area (Å²) in [5.41, 5.74) is 1.77. The van der Waals surface area contributed by atoms with Crippen molar-refractivity contribution in [3.8, 4) is 0 Å². The second kappa shape index (κ2) is 7.86. The Morgan fingerprint density at radius 2 is 1.96 bits per heavy atom. The maximum atomic E-state index is 6.25. The molecule has 3 aromatic rings. The molecule has 4 nitrogen and oxygen atoms in total. The zero-order valence-electron chi connectivity index (χ0n) is 13.1. The van der Waals surface area contributed by atoms with Crippen LogP contribution in [0.2, 0.25) is 5.02 Å². The first kappa shape index (κ1) is 19.6. The van der Waals surface area contributed by atoms with Crippen molar-refractivity contribution >= 4 is 65.0 Å². The van der Waals surface area contributed by atoms with E-state index in [1.54, 1.807) is 6.34 Å². The van der Waals surface area contributed by atoms with Crippen LogP contribution in [0.1, 0.15) is 19.5 Å². The van der Waals surface area contributed by atoms with Crippen molar-refractivity contribution in [1.29, 1.82) is 0 Å². The van der Waals surface area contributed by atoms with E-state index in [9.17, 15) is 0 Å². The highest BCUT2D eigenvalue weighted by atomic mass is 35.5. The molecule has 3 rings (SSSR count). The summed E-state index contributed by atoms with van der Waals surface area (Å²) in [6.45, 7) is 6.11. The summed E-state index contributed by atoms with van der Waals surface area (Å²) in [5, 5.41) is 5.95. The van der Waals surface area contributed by atoms with E-state index >= 15 is 0 Å². The minimum absolute atomic E-state index is 0. The van der Waals surface area contributed by atoms with Gasteiger partial charge in [0.2, 0.25) is 0 Å². The number of aliphatic imine (C=N–C) groups is 1. The zero-order valence-corrected chi connectivity index (χ0v) is 15.5. The van der Waals surface area contributed by atoms with E-state index in [1.165, 1.54) is 0 Å². The number of aryl methyl sites for hydroxylation is 1. The largest absolute Gasteiger partial charge is 0.374 e. The summed E-state index contributed by atoms with van der Waals surface area (Å²) in [6.07, 6.45) is 3.69. The number of halogens is 3. The lowest BCUT2D eigenvalue weighted by Gasteiger charge is -2.04. The van der Waals surface area contributed by atoms with Crippen molar-refractivity contribution in [3.63, 3.8) is 0 Å². The molecule has 124 valence electrons. The third-order valence-corrected chi connectivity index (χ3v) is 3.66. The van der Waals surface area contributed by atoms with E-state index in [4.69, 9.17) is 11.6 Å². The fourth-order valence-corrected chi connectivity index (χ4v) is 2.56. The maximum Gasteiger partial charge on any atom is 0.161 e. The highest BCUT2D eigenvalue weighted by molar-refractivity contribution is 6.35. The van der Waals surface area contributed by atoms with Gasteiger partial charge in [0.1, 0.15) is 5.65 Å². The summed E-state index contributed by atoms with van der Waals surface area (Å²) < 4.78 is 1.99. The lowest BCUT2D eigenvalue weighted by atomic mass is 10.2.